The molecule has 3 aromatic carbocycles. The Hall–Kier alpha value is -2.34. The molecule has 0 aliphatic carbocycles. The molecule has 0 N–H and O–H groups in total. The maximum absolute atomic E-state index is 2.50. The van der Waals surface area contributed by atoms with E-state index in [1.165, 1.54) is 46.2 Å². The van der Waals surface area contributed by atoms with Crippen LogP contribution in [0.1, 0.15) is 102 Å². The van der Waals surface area contributed by atoms with E-state index in [1.54, 1.807) is 0 Å². The van der Waals surface area contributed by atoms with Gasteiger partial charge in [0.1, 0.15) is 0 Å². The first-order valence-corrected chi connectivity index (χ1v) is 13.6. The first-order valence-electron chi connectivity index (χ1n) is 13.6. The summed E-state index contributed by atoms with van der Waals surface area (Å²) in [5, 5.41) is 0. The third-order valence-corrected chi connectivity index (χ3v) is 8.57. The van der Waals surface area contributed by atoms with Gasteiger partial charge in [-0.2, -0.15) is 0 Å². The van der Waals surface area contributed by atoms with Gasteiger partial charge in [-0.25, -0.2) is 0 Å². The number of benzene rings is 3. The summed E-state index contributed by atoms with van der Waals surface area (Å²) in [7, 11) is 0. The molecule has 3 aromatic rings. The van der Waals surface area contributed by atoms with Crippen molar-refractivity contribution in [2.75, 3.05) is 0 Å². The maximum Gasteiger partial charge on any atom is 0.0215 e. The molecule has 0 heterocycles. The second kappa shape index (κ2) is 10.7. The molecule has 188 valence electrons. The molecule has 0 nitrogen and oxygen atoms in total. The van der Waals surface area contributed by atoms with Crippen molar-refractivity contribution in [2.24, 2.45) is 11.3 Å². The second-order valence-corrected chi connectivity index (χ2v) is 12.8. The lowest BCUT2D eigenvalue weighted by atomic mass is 9.70. The van der Waals surface area contributed by atoms with Crippen LogP contribution in [0.3, 0.4) is 0 Å². The summed E-state index contributed by atoms with van der Waals surface area (Å²) in [4.78, 5) is 0. The van der Waals surface area contributed by atoms with Crippen molar-refractivity contribution in [1.82, 2.24) is 0 Å². The lowest BCUT2D eigenvalue weighted by Gasteiger charge is -2.34. The van der Waals surface area contributed by atoms with Gasteiger partial charge in [0.2, 0.25) is 0 Å². The Balaban J connectivity index is 2.03. The number of hydrogen-bond acceptors (Lipinski definition) is 0. The Kier molecular flexibility index (Phi) is 8.36. The monoisotopic (exact) mass is 468 g/mol. The van der Waals surface area contributed by atoms with Crippen LogP contribution in [0.15, 0.2) is 72.8 Å². The first kappa shape index (κ1) is 27.3. The number of aryl methyl sites for hydroxylation is 2. The van der Waals surface area contributed by atoms with Crippen molar-refractivity contribution in [3.8, 4) is 0 Å². The van der Waals surface area contributed by atoms with E-state index >= 15 is 0 Å². The quantitative estimate of drug-likeness (QED) is 0.293. The van der Waals surface area contributed by atoms with Crippen molar-refractivity contribution >= 4 is 0 Å². The van der Waals surface area contributed by atoms with Crippen molar-refractivity contribution in [1.29, 1.82) is 0 Å². The van der Waals surface area contributed by atoms with Gasteiger partial charge >= 0.3 is 0 Å². The predicted octanol–water partition coefficient (Wildman–Crippen LogP) is 9.85. The Morgan fingerprint density at radius 2 is 1.29 bits per heavy atom. The first-order chi connectivity index (χ1) is 16.3. The van der Waals surface area contributed by atoms with Crippen LogP contribution in [0.25, 0.3) is 0 Å². The Labute approximate surface area is 216 Å². The minimum atomic E-state index is -0.0925. The second-order valence-electron chi connectivity index (χ2n) is 12.8. The van der Waals surface area contributed by atoms with Gasteiger partial charge in [-0.15, -0.1) is 0 Å². The molecule has 0 fully saturated rings. The molecule has 2 atom stereocenters. The lowest BCUT2D eigenvalue weighted by molar-refractivity contribution is 0.206. The third-order valence-electron chi connectivity index (χ3n) is 8.57. The van der Waals surface area contributed by atoms with E-state index in [-0.39, 0.29) is 10.8 Å². The molecule has 0 amide bonds. The normalized spacial score (nSPS) is 15.0. The lowest BCUT2D eigenvalue weighted by Crippen LogP contribution is -2.27. The molecule has 0 saturated heterocycles. The third kappa shape index (κ3) is 6.66. The fourth-order valence-electron chi connectivity index (χ4n) is 5.30. The van der Waals surface area contributed by atoms with Gasteiger partial charge < -0.3 is 0 Å². The zero-order chi connectivity index (χ0) is 25.9. The van der Waals surface area contributed by atoms with Gasteiger partial charge in [-0.05, 0) is 70.8 Å². The molecule has 0 heteroatoms. The molecule has 1 unspecified atom stereocenters. The molecule has 0 aliphatic heterocycles. The van der Waals surface area contributed by atoms with E-state index in [9.17, 15) is 0 Å². The smallest absolute Gasteiger partial charge is 0.0215 e. The topological polar surface area (TPSA) is 0 Å². The Morgan fingerprint density at radius 1 is 0.686 bits per heavy atom. The molecule has 0 aliphatic rings. The summed E-state index contributed by atoms with van der Waals surface area (Å²) >= 11 is 0. The number of hydrogen-bond donors (Lipinski definition) is 0. The zero-order valence-electron chi connectivity index (χ0n) is 23.8. The van der Waals surface area contributed by atoms with E-state index < -0.39 is 0 Å². The van der Waals surface area contributed by atoms with Crippen molar-refractivity contribution in [3.63, 3.8) is 0 Å². The Morgan fingerprint density at radius 3 is 1.86 bits per heavy atom. The van der Waals surface area contributed by atoms with Crippen LogP contribution >= 0.6 is 0 Å². The molecule has 0 saturated carbocycles. The average molecular weight is 469 g/mol. The maximum atomic E-state index is 2.50. The Bertz CT molecular complexity index is 1080. The van der Waals surface area contributed by atoms with Gasteiger partial charge in [0.15, 0.2) is 0 Å². The molecule has 35 heavy (non-hydrogen) atoms. The van der Waals surface area contributed by atoms with Gasteiger partial charge in [-0.1, -0.05) is 140 Å². The van der Waals surface area contributed by atoms with Gasteiger partial charge in [-0.3, -0.25) is 0 Å². The van der Waals surface area contributed by atoms with Crippen molar-refractivity contribution < 1.29 is 0 Å². The van der Waals surface area contributed by atoms with Crippen LogP contribution in [0.5, 0.6) is 0 Å². The van der Waals surface area contributed by atoms with E-state index in [1.807, 2.05) is 0 Å². The minimum absolute atomic E-state index is 0.0925. The zero-order valence-corrected chi connectivity index (χ0v) is 23.8. The predicted molar refractivity (Wildman–Crippen MR) is 154 cm³/mol. The van der Waals surface area contributed by atoms with E-state index in [2.05, 4.69) is 135 Å². The van der Waals surface area contributed by atoms with Gasteiger partial charge in [0, 0.05) is 5.41 Å². The van der Waals surface area contributed by atoms with E-state index in [0.29, 0.717) is 5.41 Å². The SMILES string of the molecule is CCC(C)C(C)(C)CCc1cc(C)cc([C@@](C)(Cc2ccccc2)c2ccc(C(C)(C)C)cc2)c1. The molecule has 0 bridgehead atoms. The molecule has 0 aromatic heterocycles. The summed E-state index contributed by atoms with van der Waals surface area (Å²) < 4.78 is 0. The van der Waals surface area contributed by atoms with Crippen LogP contribution in [0.2, 0.25) is 0 Å². The van der Waals surface area contributed by atoms with Gasteiger partial charge in [0.25, 0.3) is 0 Å². The minimum Gasteiger partial charge on any atom is -0.0651 e. The number of rotatable bonds is 9. The van der Waals surface area contributed by atoms with Crippen molar-refractivity contribution in [2.45, 2.75) is 98.8 Å². The van der Waals surface area contributed by atoms with Gasteiger partial charge in [0.05, 0.1) is 0 Å². The standard InChI is InChI=1S/C35H48/c1-10-27(3)34(7,8)21-20-29-22-26(2)23-32(24-29)35(9,25-28-14-12-11-13-15-28)31-18-16-30(17-19-31)33(4,5)6/h11-19,22-24,27H,10,20-21,25H2,1-9H3/t27?,35-/m0/s1. The molecule has 3 rings (SSSR count). The fraction of sp³-hybridized carbons (Fsp3) is 0.486. The van der Waals surface area contributed by atoms with Crippen LogP contribution in [0.4, 0.5) is 0 Å². The van der Waals surface area contributed by atoms with Crippen LogP contribution in [-0.4, -0.2) is 0 Å². The molecule has 0 spiro atoms. The summed E-state index contributed by atoms with van der Waals surface area (Å²) in [6.07, 6.45) is 4.59. The largest absolute Gasteiger partial charge is 0.0651 e. The highest BCUT2D eigenvalue weighted by atomic mass is 14.3. The van der Waals surface area contributed by atoms with Crippen LogP contribution in [0, 0.1) is 18.3 Å². The highest BCUT2D eigenvalue weighted by molar-refractivity contribution is 5.45. The van der Waals surface area contributed by atoms with Crippen LogP contribution in [-0.2, 0) is 23.7 Å². The summed E-state index contributed by atoms with van der Waals surface area (Å²) in [5.74, 6) is 0.733. The fourth-order valence-corrected chi connectivity index (χ4v) is 5.30. The summed E-state index contributed by atoms with van der Waals surface area (Å²) in [5.41, 5.74) is 8.86. The highest BCUT2D eigenvalue weighted by Crippen LogP contribution is 2.39. The summed E-state index contributed by atoms with van der Waals surface area (Å²) in [6.45, 7) is 21.2. The highest BCUT2D eigenvalue weighted by Gasteiger charge is 2.31. The summed E-state index contributed by atoms with van der Waals surface area (Å²) in [6, 6.07) is 27.7. The van der Waals surface area contributed by atoms with E-state index in [4.69, 9.17) is 0 Å². The molecular weight excluding hydrogens is 420 g/mol. The average Bonchev–Trinajstić information content (AvgIpc) is 2.82. The van der Waals surface area contributed by atoms with Crippen molar-refractivity contribution in [3.05, 3.63) is 106 Å². The van der Waals surface area contributed by atoms with E-state index in [0.717, 1.165) is 18.8 Å². The molecule has 0 radical (unpaired) electrons. The van der Waals surface area contributed by atoms with Crippen LogP contribution < -0.4 is 0 Å². The molecular formula is C35H48.